The van der Waals surface area contributed by atoms with Gasteiger partial charge in [-0.1, -0.05) is 15.9 Å². The number of amides is 1. The largest absolute Gasteiger partial charge is 0.302 e. The second kappa shape index (κ2) is 8.41. The Bertz CT molecular complexity index is 1320. The normalized spacial score (nSPS) is 11.0. The van der Waals surface area contributed by atoms with Crippen molar-refractivity contribution in [1.82, 2.24) is 14.5 Å². The average molecular weight is 491 g/mol. The maximum Gasteiger partial charge on any atom is 0.261 e. The van der Waals surface area contributed by atoms with Crippen LogP contribution in [0.3, 0.4) is 0 Å². The van der Waals surface area contributed by atoms with Crippen LogP contribution in [0.5, 0.6) is 0 Å². The SMILES string of the molecule is O=C(CCn1cnc2ccc(Br)cc2c1=O)Nc1nc(-c2cc(F)ccc2F)cs1. The average Bonchev–Trinajstić information content (AvgIpc) is 3.18. The molecule has 0 saturated heterocycles. The van der Waals surface area contributed by atoms with Gasteiger partial charge in [-0.3, -0.25) is 14.2 Å². The van der Waals surface area contributed by atoms with E-state index in [2.05, 4.69) is 31.2 Å². The van der Waals surface area contributed by atoms with Crippen molar-refractivity contribution in [2.75, 3.05) is 5.32 Å². The quantitative estimate of drug-likeness (QED) is 0.443. The molecular formula is C20H13BrF2N4O2S. The van der Waals surface area contributed by atoms with Gasteiger partial charge in [0.2, 0.25) is 5.91 Å². The molecule has 0 bridgehead atoms. The number of thiazole rings is 1. The molecule has 2 aromatic heterocycles. The van der Waals surface area contributed by atoms with Gasteiger partial charge in [-0.05, 0) is 36.4 Å². The van der Waals surface area contributed by atoms with Crippen LogP contribution in [-0.4, -0.2) is 20.4 Å². The number of anilines is 1. The Morgan fingerprint density at radius 2 is 2.03 bits per heavy atom. The number of nitrogens with one attached hydrogen (secondary N) is 1. The molecule has 1 amide bonds. The Morgan fingerprint density at radius 3 is 2.87 bits per heavy atom. The fourth-order valence-corrected chi connectivity index (χ4v) is 3.93. The molecule has 0 radical (unpaired) electrons. The van der Waals surface area contributed by atoms with Gasteiger partial charge in [-0.25, -0.2) is 18.7 Å². The molecule has 6 nitrogen and oxygen atoms in total. The van der Waals surface area contributed by atoms with Crippen LogP contribution in [-0.2, 0) is 11.3 Å². The van der Waals surface area contributed by atoms with E-state index in [9.17, 15) is 18.4 Å². The molecule has 4 rings (SSSR count). The first kappa shape index (κ1) is 20.3. The van der Waals surface area contributed by atoms with Crippen molar-refractivity contribution in [1.29, 1.82) is 0 Å². The Morgan fingerprint density at radius 1 is 1.20 bits per heavy atom. The number of fused-ring (bicyclic) bond motifs is 1. The summed E-state index contributed by atoms with van der Waals surface area (Å²) in [4.78, 5) is 33.2. The van der Waals surface area contributed by atoms with Crippen LogP contribution in [0, 0.1) is 11.6 Å². The highest BCUT2D eigenvalue weighted by Gasteiger charge is 2.13. The lowest BCUT2D eigenvalue weighted by Crippen LogP contribution is -2.23. The lowest BCUT2D eigenvalue weighted by Gasteiger charge is -2.07. The number of aryl methyl sites for hydroxylation is 1. The topological polar surface area (TPSA) is 76.9 Å². The van der Waals surface area contributed by atoms with E-state index in [-0.39, 0.29) is 40.8 Å². The summed E-state index contributed by atoms with van der Waals surface area (Å²) < 4.78 is 29.4. The van der Waals surface area contributed by atoms with Gasteiger partial charge in [0.25, 0.3) is 5.56 Å². The zero-order valence-corrected chi connectivity index (χ0v) is 17.6. The Labute approximate surface area is 181 Å². The van der Waals surface area contributed by atoms with Gasteiger partial charge in [0.05, 0.1) is 22.9 Å². The summed E-state index contributed by atoms with van der Waals surface area (Å²) in [6.07, 6.45) is 1.42. The highest BCUT2D eigenvalue weighted by molar-refractivity contribution is 9.10. The monoisotopic (exact) mass is 490 g/mol. The molecule has 0 fully saturated rings. The van der Waals surface area contributed by atoms with Crippen LogP contribution < -0.4 is 10.9 Å². The van der Waals surface area contributed by atoms with Crippen molar-refractivity contribution < 1.29 is 13.6 Å². The number of carbonyl (C=O) groups excluding carboxylic acids is 1. The van der Waals surface area contributed by atoms with E-state index in [1.54, 1.807) is 18.2 Å². The van der Waals surface area contributed by atoms with Crippen molar-refractivity contribution in [2.24, 2.45) is 0 Å². The fourth-order valence-electron chi connectivity index (χ4n) is 2.84. The zero-order chi connectivity index (χ0) is 21.3. The van der Waals surface area contributed by atoms with Crippen molar-refractivity contribution in [3.05, 3.63) is 74.6 Å². The van der Waals surface area contributed by atoms with Gasteiger partial charge in [-0.15, -0.1) is 11.3 Å². The van der Waals surface area contributed by atoms with Crippen molar-refractivity contribution in [3.8, 4) is 11.3 Å². The predicted octanol–water partition coefficient (Wildman–Crippen LogP) is 4.59. The van der Waals surface area contributed by atoms with E-state index in [0.29, 0.717) is 10.9 Å². The van der Waals surface area contributed by atoms with Gasteiger partial charge in [0, 0.05) is 28.4 Å². The molecule has 0 aliphatic carbocycles. The van der Waals surface area contributed by atoms with Crippen LogP contribution >= 0.6 is 27.3 Å². The van der Waals surface area contributed by atoms with Gasteiger partial charge in [0.15, 0.2) is 5.13 Å². The lowest BCUT2D eigenvalue weighted by atomic mass is 10.1. The maximum atomic E-state index is 13.9. The van der Waals surface area contributed by atoms with Crippen molar-refractivity contribution >= 4 is 49.2 Å². The molecule has 0 atom stereocenters. The minimum absolute atomic E-state index is 0.0182. The van der Waals surface area contributed by atoms with Gasteiger partial charge in [0.1, 0.15) is 11.6 Å². The van der Waals surface area contributed by atoms with Crippen molar-refractivity contribution in [3.63, 3.8) is 0 Å². The molecule has 10 heteroatoms. The number of carbonyl (C=O) groups is 1. The van der Waals surface area contributed by atoms with Crippen LogP contribution in [0.15, 0.2) is 57.4 Å². The first-order valence-corrected chi connectivity index (χ1v) is 10.4. The molecule has 0 unspecified atom stereocenters. The second-order valence-electron chi connectivity index (χ2n) is 6.36. The highest BCUT2D eigenvalue weighted by atomic mass is 79.9. The van der Waals surface area contributed by atoms with Crippen LogP contribution in [0.4, 0.5) is 13.9 Å². The first-order chi connectivity index (χ1) is 14.4. The van der Waals surface area contributed by atoms with E-state index in [4.69, 9.17) is 0 Å². The molecule has 0 spiro atoms. The van der Waals surface area contributed by atoms with Crippen LogP contribution in [0.25, 0.3) is 22.2 Å². The second-order valence-corrected chi connectivity index (χ2v) is 8.14. The van der Waals surface area contributed by atoms with Crippen molar-refractivity contribution in [2.45, 2.75) is 13.0 Å². The van der Waals surface area contributed by atoms with E-state index < -0.39 is 11.6 Å². The molecule has 2 aromatic carbocycles. The number of hydrogen-bond acceptors (Lipinski definition) is 5. The van der Waals surface area contributed by atoms with Crippen LogP contribution in [0.1, 0.15) is 6.42 Å². The van der Waals surface area contributed by atoms with Gasteiger partial charge < -0.3 is 5.32 Å². The maximum absolute atomic E-state index is 13.9. The fraction of sp³-hybridized carbons (Fsp3) is 0.100. The zero-order valence-electron chi connectivity index (χ0n) is 15.2. The third-order valence-corrected chi connectivity index (χ3v) is 5.57. The molecule has 1 N–H and O–H groups in total. The number of aromatic nitrogens is 3. The van der Waals surface area contributed by atoms with E-state index in [0.717, 1.165) is 34.0 Å². The minimum Gasteiger partial charge on any atom is -0.302 e. The summed E-state index contributed by atoms with van der Waals surface area (Å²) in [5.74, 6) is -1.54. The van der Waals surface area contributed by atoms with E-state index >= 15 is 0 Å². The highest BCUT2D eigenvalue weighted by Crippen LogP contribution is 2.27. The van der Waals surface area contributed by atoms with Crippen LogP contribution in [0.2, 0.25) is 0 Å². The first-order valence-electron chi connectivity index (χ1n) is 8.76. The number of benzene rings is 2. The van der Waals surface area contributed by atoms with Gasteiger partial charge in [-0.2, -0.15) is 0 Å². The Balaban J connectivity index is 1.44. The molecule has 30 heavy (non-hydrogen) atoms. The summed E-state index contributed by atoms with van der Waals surface area (Å²) in [6, 6.07) is 8.31. The molecule has 2 heterocycles. The number of nitrogens with zero attached hydrogens (tertiary/aromatic N) is 3. The summed E-state index contributed by atoms with van der Waals surface area (Å²) in [7, 11) is 0. The number of rotatable bonds is 5. The smallest absolute Gasteiger partial charge is 0.261 e. The molecule has 0 aliphatic heterocycles. The third-order valence-electron chi connectivity index (χ3n) is 4.32. The summed E-state index contributed by atoms with van der Waals surface area (Å²) >= 11 is 4.42. The minimum atomic E-state index is -0.602. The van der Waals surface area contributed by atoms with E-state index in [1.807, 2.05) is 0 Å². The molecule has 152 valence electrons. The van der Waals surface area contributed by atoms with E-state index in [1.165, 1.54) is 16.3 Å². The Kier molecular flexibility index (Phi) is 5.69. The lowest BCUT2D eigenvalue weighted by molar-refractivity contribution is -0.116. The summed E-state index contributed by atoms with van der Waals surface area (Å²) in [5, 5.41) is 4.85. The predicted molar refractivity (Wildman–Crippen MR) is 114 cm³/mol. The number of hydrogen-bond donors (Lipinski definition) is 1. The molecule has 4 aromatic rings. The number of halogens is 3. The molecular weight excluding hydrogens is 478 g/mol. The molecule has 0 saturated carbocycles. The summed E-state index contributed by atoms with van der Waals surface area (Å²) in [6.45, 7) is 0.136. The summed E-state index contributed by atoms with van der Waals surface area (Å²) in [5.41, 5.74) is 0.579. The third kappa shape index (κ3) is 4.29. The standard InChI is InChI=1S/C20H13BrF2N4O2S/c21-11-1-4-16-14(7-11)19(29)27(10-24-16)6-5-18(28)26-20-25-17(9-30-20)13-8-12(22)2-3-15(13)23/h1-4,7-10H,5-6H2,(H,25,26,28). The Hall–Kier alpha value is -2.98. The molecule has 0 aliphatic rings. The van der Waals surface area contributed by atoms with Gasteiger partial charge >= 0.3 is 0 Å².